The quantitative estimate of drug-likeness (QED) is 0.817. The van der Waals surface area contributed by atoms with Crippen LogP contribution < -0.4 is 14.8 Å². The zero-order valence-electron chi connectivity index (χ0n) is 15.0. The maximum Gasteiger partial charge on any atom is 0.258 e. The molecule has 0 fully saturated rings. The van der Waals surface area contributed by atoms with Crippen LogP contribution in [0.25, 0.3) is 6.08 Å². The molecule has 0 aromatic heterocycles. The zero-order valence-corrected chi connectivity index (χ0v) is 15.8. The van der Waals surface area contributed by atoms with Crippen LogP contribution in [-0.2, 0) is 4.79 Å². The van der Waals surface area contributed by atoms with Gasteiger partial charge in [-0.25, -0.2) is 0 Å². The first-order valence-electron chi connectivity index (χ1n) is 8.66. The topological polar surface area (TPSA) is 47.6 Å². The van der Waals surface area contributed by atoms with E-state index in [1.807, 2.05) is 61.2 Å². The molecule has 0 bridgehead atoms. The lowest BCUT2D eigenvalue weighted by atomic mass is 10.0. The largest absolute Gasteiger partial charge is 0.493 e. The smallest absolute Gasteiger partial charge is 0.258 e. The molecular formula is C21H23NO3S. The number of hydrogen-bond acceptors (Lipinski definition) is 4. The van der Waals surface area contributed by atoms with E-state index in [2.05, 4.69) is 17.4 Å². The van der Waals surface area contributed by atoms with E-state index in [1.54, 1.807) is 7.11 Å². The number of methoxy groups -OCH3 is 1. The zero-order chi connectivity index (χ0) is 18.4. The molecule has 2 aromatic rings. The third-order valence-electron chi connectivity index (χ3n) is 4.20. The van der Waals surface area contributed by atoms with Gasteiger partial charge in [0, 0.05) is 10.6 Å². The van der Waals surface area contributed by atoms with Crippen molar-refractivity contribution in [2.75, 3.05) is 19.5 Å². The second-order valence-corrected chi connectivity index (χ2v) is 7.13. The molecule has 1 heterocycles. The van der Waals surface area contributed by atoms with Gasteiger partial charge in [-0.05, 0) is 42.7 Å². The fourth-order valence-corrected chi connectivity index (χ4v) is 4.10. The van der Waals surface area contributed by atoms with Crippen molar-refractivity contribution < 1.29 is 14.3 Å². The molecule has 2 aromatic carbocycles. The van der Waals surface area contributed by atoms with Gasteiger partial charge in [-0.1, -0.05) is 36.4 Å². The molecule has 26 heavy (non-hydrogen) atoms. The van der Waals surface area contributed by atoms with E-state index in [0.717, 1.165) is 17.7 Å². The van der Waals surface area contributed by atoms with Gasteiger partial charge >= 0.3 is 0 Å². The molecule has 5 heteroatoms. The molecule has 0 saturated heterocycles. The van der Waals surface area contributed by atoms with E-state index in [1.165, 1.54) is 10.5 Å². The summed E-state index contributed by atoms with van der Waals surface area (Å²) in [5.74, 6) is 2.06. The Morgan fingerprint density at radius 3 is 2.92 bits per heavy atom. The summed E-state index contributed by atoms with van der Waals surface area (Å²) in [6.45, 7) is 1.92. The van der Waals surface area contributed by atoms with Crippen molar-refractivity contribution in [3.05, 3.63) is 59.7 Å². The number of benzene rings is 2. The van der Waals surface area contributed by atoms with Gasteiger partial charge in [-0.2, -0.15) is 0 Å². The standard InChI is InChI=1S/C21H23NO3S/c1-3-6-15-9-10-18(19(13-15)24-2)25-14-21(23)22-17-11-12-26-20-8-5-4-7-16(17)20/h3-10,13,17H,11-12,14H2,1-2H3,(H,22,23)/b6-3+/t17-/m1/s1. The van der Waals surface area contributed by atoms with Crippen LogP contribution in [0, 0.1) is 0 Å². The van der Waals surface area contributed by atoms with Crippen LogP contribution in [0.1, 0.15) is 30.5 Å². The molecule has 1 amide bonds. The van der Waals surface area contributed by atoms with Gasteiger partial charge in [0.1, 0.15) is 0 Å². The minimum Gasteiger partial charge on any atom is -0.493 e. The maximum atomic E-state index is 12.4. The van der Waals surface area contributed by atoms with Crippen molar-refractivity contribution in [1.29, 1.82) is 0 Å². The molecule has 0 radical (unpaired) electrons. The molecule has 3 rings (SSSR count). The number of nitrogens with one attached hydrogen (secondary N) is 1. The first kappa shape index (κ1) is 18.4. The van der Waals surface area contributed by atoms with Gasteiger partial charge in [0.05, 0.1) is 13.2 Å². The summed E-state index contributed by atoms with van der Waals surface area (Å²) in [6.07, 6.45) is 4.87. The van der Waals surface area contributed by atoms with Crippen molar-refractivity contribution >= 4 is 23.7 Å². The fourth-order valence-electron chi connectivity index (χ4n) is 2.97. The molecule has 4 nitrogen and oxygen atoms in total. The SMILES string of the molecule is C/C=C/c1ccc(OCC(=O)N[C@@H]2CCSc3ccccc32)c(OC)c1. The van der Waals surface area contributed by atoms with Gasteiger partial charge in [0.25, 0.3) is 5.91 Å². The van der Waals surface area contributed by atoms with Crippen LogP contribution >= 0.6 is 11.8 Å². The number of amides is 1. The Labute approximate surface area is 158 Å². The van der Waals surface area contributed by atoms with Crippen molar-refractivity contribution in [2.45, 2.75) is 24.3 Å². The molecular weight excluding hydrogens is 346 g/mol. The Morgan fingerprint density at radius 2 is 2.12 bits per heavy atom. The summed E-state index contributed by atoms with van der Waals surface area (Å²) in [7, 11) is 1.60. The second-order valence-electron chi connectivity index (χ2n) is 5.99. The molecule has 0 aliphatic carbocycles. The highest BCUT2D eigenvalue weighted by molar-refractivity contribution is 7.99. The van der Waals surface area contributed by atoms with E-state index in [0.29, 0.717) is 11.5 Å². The second kappa shape index (κ2) is 8.81. The van der Waals surface area contributed by atoms with Crippen LogP contribution in [0.2, 0.25) is 0 Å². The van der Waals surface area contributed by atoms with Crippen molar-refractivity contribution in [3.8, 4) is 11.5 Å². The Morgan fingerprint density at radius 1 is 1.27 bits per heavy atom. The number of ether oxygens (including phenoxy) is 2. The monoisotopic (exact) mass is 369 g/mol. The van der Waals surface area contributed by atoms with Gasteiger partial charge in [0.2, 0.25) is 0 Å². The van der Waals surface area contributed by atoms with Crippen molar-refractivity contribution in [2.24, 2.45) is 0 Å². The summed E-state index contributed by atoms with van der Waals surface area (Å²) in [4.78, 5) is 13.6. The lowest BCUT2D eigenvalue weighted by Gasteiger charge is -2.25. The maximum absolute atomic E-state index is 12.4. The molecule has 0 saturated carbocycles. The highest BCUT2D eigenvalue weighted by Gasteiger charge is 2.22. The summed E-state index contributed by atoms with van der Waals surface area (Å²) < 4.78 is 11.1. The molecule has 0 spiro atoms. The molecule has 1 aliphatic heterocycles. The van der Waals surface area contributed by atoms with E-state index in [4.69, 9.17) is 9.47 Å². The summed E-state index contributed by atoms with van der Waals surface area (Å²) >= 11 is 1.84. The fraction of sp³-hybridized carbons (Fsp3) is 0.286. The lowest BCUT2D eigenvalue weighted by molar-refractivity contribution is -0.123. The van der Waals surface area contributed by atoms with E-state index in [-0.39, 0.29) is 18.6 Å². The Kier molecular flexibility index (Phi) is 6.23. The minimum atomic E-state index is -0.128. The number of carbonyl (C=O) groups excluding carboxylic acids is 1. The average molecular weight is 369 g/mol. The third-order valence-corrected chi connectivity index (χ3v) is 5.32. The summed E-state index contributed by atoms with van der Waals surface area (Å²) in [6, 6.07) is 13.9. The van der Waals surface area contributed by atoms with Crippen molar-refractivity contribution in [1.82, 2.24) is 5.32 Å². The number of fused-ring (bicyclic) bond motifs is 1. The Hall–Kier alpha value is -2.40. The first-order chi connectivity index (χ1) is 12.7. The van der Waals surface area contributed by atoms with Crippen molar-refractivity contribution in [3.63, 3.8) is 0 Å². The lowest BCUT2D eigenvalue weighted by Crippen LogP contribution is -2.34. The molecule has 1 atom stereocenters. The normalized spacial score (nSPS) is 16.2. The van der Waals surface area contributed by atoms with Crippen LogP contribution in [0.3, 0.4) is 0 Å². The Balaban J connectivity index is 1.61. The molecule has 136 valence electrons. The first-order valence-corrected chi connectivity index (χ1v) is 9.64. The predicted molar refractivity (Wildman–Crippen MR) is 106 cm³/mol. The summed E-state index contributed by atoms with van der Waals surface area (Å²) in [5, 5.41) is 3.09. The summed E-state index contributed by atoms with van der Waals surface area (Å²) in [5.41, 5.74) is 2.21. The average Bonchev–Trinajstić information content (AvgIpc) is 2.67. The van der Waals surface area contributed by atoms with Crippen LogP contribution in [0.4, 0.5) is 0 Å². The van der Waals surface area contributed by atoms with Gasteiger partial charge in [-0.15, -0.1) is 11.8 Å². The number of carbonyl (C=O) groups is 1. The number of hydrogen-bond donors (Lipinski definition) is 1. The van der Waals surface area contributed by atoms with Crippen LogP contribution in [0.15, 0.2) is 53.4 Å². The molecule has 1 N–H and O–H groups in total. The predicted octanol–water partition coefficient (Wildman–Crippen LogP) is 4.46. The third kappa shape index (κ3) is 4.41. The molecule has 0 unspecified atom stereocenters. The van der Waals surface area contributed by atoms with Crippen LogP contribution in [0.5, 0.6) is 11.5 Å². The highest BCUT2D eigenvalue weighted by atomic mass is 32.2. The van der Waals surface area contributed by atoms with E-state index < -0.39 is 0 Å². The minimum absolute atomic E-state index is 0.0366. The highest BCUT2D eigenvalue weighted by Crippen LogP contribution is 2.35. The molecule has 1 aliphatic rings. The Bertz CT molecular complexity index is 804. The van der Waals surface area contributed by atoms with E-state index in [9.17, 15) is 4.79 Å². The number of rotatable bonds is 6. The van der Waals surface area contributed by atoms with Gasteiger partial charge < -0.3 is 14.8 Å². The number of allylic oxidation sites excluding steroid dienone is 1. The van der Waals surface area contributed by atoms with Crippen LogP contribution in [-0.4, -0.2) is 25.4 Å². The van der Waals surface area contributed by atoms with Gasteiger partial charge in [0.15, 0.2) is 18.1 Å². The van der Waals surface area contributed by atoms with Gasteiger partial charge in [-0.3, -0.25) is 4.79 Å². The number of thioether (sulfide) groups is 1. The van der Waals surface area contributed by atoms with E-state index >= 15 is 0 Å².